The number of nitrogens with two attached hydrogens (primary N) is 1. The van der Waals surface area contributed by atoms with Gasteiger partial charge in [0.15, 0.2) is 0 Å². The van der Waals surface area contributed by atoms with Gasteiger partial charge in [-0.05, 0) is 136 Å². The van der Waals surface area contributed by atoms with Crippen LogP contribution < -0.4 is 10.5 Å². The van der Waals surface area contributed by atoms with E-state index in [1.54, 1.807) is 40.9 Å². The SMILES string of the molecule is CCOc1cc(C(C)(C)C)ccc1C1=N[C@@](C)(c2ccc(Cl)cc2)[C@@](C)(c2ccc(Cl)cc2)N1C(=O)N1CCN(CCOCCOCCC(O)N(C)CCn2nc3c(c2C#N)C2=CC(C)(C(N)N=C2)N2CCC[C@@H]2c2cc(F)ccc2C(=O)N(C)C3)CC1. The summed E-state index contributed by atoms with van der Waals surface area (Å²) < 4.78 is 34.9. The highest BCUT2D eigenvalue weighted by atomic mass is 35.5. The minimum absolute atomic E-state index is 0.0786. The number of rotatable bonds is 18. The maximum absolute atomic E-state index is 15.6. The first-order valence-corrected chi connectivity index (χ1v) is 31.3. The second kappa shape index (κ2) is 26.5. The minimum Gasteiger partial charge on any atom is -0.493 e. The van der Waals surface area contributed by atoms with Gasteiger partial charge in [-0.25, -0.2) is 9.18 Å². The summed E-state index contributed by atoms with van der Waals surface area (Å²) in [4.78, 5) is 51.8. The van der Waals surface area contributed by atoms with Crippen molar-refractivity contribution in [3.63, 3.8) is 0 Å². The zero-order chi connectivity index (χ0) is 62.9. The largest absolute Gasteiger partial charge is 0.493 e. The number of amidine groups is 1. The number of benzene rings is 4. The molecule has 2 saturated heterocycles. The van der Waals surface area contributed by atoms with Gasteiger partial charge in [-0.15, -0.1) is 0 Å². The normalized spacial score (nSPS) is 23.7. The molecule has 0 spiro atoms. The molecule has 5 aliphatic heterocycles. The van der Waals surface area contributed by atoms with Crippen molar-refractivity contribution in [3.8, 4) is 11.8 Å². The summed E-state index contributed by atoms with van der Waals surface area (Å²) in [6.07, 6.45) is 4.11. The zero-order valence-corrected chi connectivity index (χ0v) is 53.6. The van der Waals surface area contributed by atoms with Gasteiger partial charge >= 0.3 is 6.03 Å². The Bertz CT molecular complexity index is 3500. The van der Waals surface area contributed by atoms with Gasteiger partial charge in [0, 0.05) is 91.7 Å². The molecule has 18 nitrogen and oxygen atoms in total. The van der Waals surface area contributed by atoms with Crippen molar-refractivity contribution < 1.29 is 33.3 Å². The number of dihydropyridines is 1. The van der Waals surface area contributed by atoms with Crippen LogP contribution in [0, 0.1) is 17.1 Å². The fourth-order valence-electron chi connectivity index (χ4n) is 13.2. The summed E-state index contributed by atoms with van der Waals surface area (Å²) in [6, 6.07) is 27.9. The Morgan fingerprint density at radius 2 is 1.58 bits per heavy atom. The Hall–Kier alpha value is -6.57. The number of likely N-dealkylation sites (N-methyl/N-ethyl adjacent to an activating group) is 1. The zero-order valence-electron chi connectivity index (χ0n) is 52.1. The van der Waals surface area contributed by atoms with Crippen molar-refractivity contribution in [2.24, 2.45) is 15.7 Å². The van der Waals surface area contributed by atoms with E-state index in [9.17, 15) is 19.6 Å². The third kappa shape index (κ3) is 12.7. The number of ether oxygens (including phenoxy) is 3. The van der Waals surface area contributed by atoms with E-state index in [1.807, 2.05) is 78.2 Å². The lowest BCUT2D eigenvalue weighted by molar-refractivity contribution is -0.0201. The number of aliphatic hydroxyl groups excluding tert-OH is 1. The molecule has 3 unspecified atom stereocenters. The molecule has 88 heavy (non-hydrogen) atoms. The lowest BCUT2D eigenvalue weighted by Crippen LogP contribution is -2.60. The van der Waals surface area contributed by atoms with Crippen LogP contribution in [0.1, 0.15) is 129 Å². The number of nitriles is 1. The maximum Gasteiger partial charge on any atom is 0.326 e. The minimum atomic E-state index is -1.04. The second-order valence-electron chi connectivity index (χ2n) is 25.2. The average molecular weight is 1240 g/mol. The predicted molar refractivity (Wildman–Crippen MR) is 341 cm³/mol. The molecule has 3 N–H and O–H groups in total. The van der Waals surface area contributed by atoms with Crippen LogP contribution >= 0.6 is 23.2 Å². The number of aromatic nitrogens is 2. The molecule has 0 radical (unpaired) electrons. The van der Waals surface area contributed by atoms with E-state index < -0.39 is 34.8 Å². The molecule has 5 aromatic rings. The topological polar surface area (TPSA) is 194 Å². The van der Waals surface area contributed by atoms with Crippen molar-refractivity contribution in [1.82, 2.24) is 39.2 Å². The summed E-state index contributed by atoms with van der Waals surface area (Å²) in [7, 11) is 3.49. The maximum atomic E-state index is 15.6. The van der Waals surface area contributed by atoms with Crippen LogP contribution in [-0.2, 0) is 39.1 Å². The summed E-state index contributed by atoms with van der Waals surface area (Å²) in [6.45, 7) is 20.9. The number of halogens is 3. The van der Waals surface area contributed by atoms with Crippen LogP contribution in [0.25, 0.3) is 5.57 Å². The Kier molecular flexibility index (Phi) is 19.4. The number of hydrogen-bond acceptors (Lipinski definition) is 14. The van der Waals surface area contributed by atoms with Crippen LogP contribution in [0.5, 0.6) is 5.75 Å². The van der Waals surface area contributed by atoms with Crippen molar-refractivity contribution in [1.29, 1.82) is 5.26 Å². The highest BCUT2D eigenvalue weighted by Gasteiger charge is 2.60. The molecule has 0 aliphatic carbocycles. The summed E-state index contributed by atoms with van der Waals surface area (Å²) >= 11 is 13.0. The number of aliphatic hydroxyl groups is 1. The number of hydrogen-bond donors (Lipinski definition) is 2. The molecular formula is C67H83Cl2FN12O6. The number of aliphatic imine (C=N–C) groups is 2. The first-order chi connectivity index (χ1) is 42.0. The third-order valence-electron chi connectivity index (χ3n) is 18.6. The standard InChI is InChI=1S/C67H83Cl2FN12O6/c1-10-88-57-38-47(64(2,3)4)17-23-52(57)60-74-66(6,45-13-18-48(68)19-14-45)67(7,46-15-20-49(69)21-16-46)82(60)63(85)79-30-28-78(29-31-79)33-35-87-37-36-86-34-25-58(83)76(8)27-32-81-56(41-71)59-44-40-65(5,62(72)73-42-44)80-26-11-12-55(80)53-39-50(70)22-24-51(53)61(84)77(9)43-54(59)75-81/h13-24,38-40,42,55,58,62,83H,10-12,25-37,43,72H2,1-9H3/t55-,58?,62?,65?,66+,67-/m1/s1. The smallest absolute Gasteiger partial charge is 0.326 e. The number of amides is 3. The predicted octanol–water partition coefficient (Wildman–Crippen LogP) is 9.84. The molecule has 2 fully saturated rings. The van der Waals surface area contributed by atoms with Crippen LogP contribution in [0.2, 0.25) is 10.0 Å². The van der Waals surface area contributed by atoms with E-state index >= 15 is 4.79 Å². The number of carbonyl (C=O) groups is 2. The van der Waals surface area contributed by atoms with Crippen LogP contribution in [0.4, 0.5) is 9.18 Å². The van der Waals surface area contributed by atoms with E-state index in [4.69, 9.17) is 58.2 Å². The number of carbonyl (C=O) groups excluding carboxylic acids is 2. The van der Waals surface area contributed by atoms with Gasteiger partial charge in [-0.1, -0.05) is 80.4 Å². The van der Waals surface area contributed by atoms with Crippen LogP contribution in [0.3, 0.4) is 0 Å². The molecule has 0 saturated carbocycles. The molecular weight excluding hydrogens is 1160 g/mol. The van der Waals surface area contributed by atoms with Crippen molar-refractivity contribution in [3.05, 3.63) is 157 Å². The van der Waals surface area contributed by atoms with Crippen LogP contribution in [-0.4, -0.2) is 179 Å². The molecule has 4 aromatic carbocycles. The van der Waals surface area contributed by atoms with E-state index in [1.165, 1.54) is 12.1 Å². The quantitative estimate of drug-likeness (QED) is 0.0624. The molecule has 3 amide bonds. The Morgan fingerprint density at radius 3 is 2.25 bits per heavy atom. The van der Waals surface area contributed by atoms with Crippen molar-refractivity contribution in [2.45, 2.75) is 121 Å². The van der Waals surface area contributed by atoms with Gasteiger partial charge in [0.25, 0.3) is 5.91 Å². The molecule has 468 valence electrons. The highest BCUT2D eigenvalue weighted by Crippen LogP contribution is 2.54. The highest BCUT2D eigenvalue weighted by molar-refractivity contribution is 6.31. The van der Waals surface area contributed by atoms with Gasteiger partial charge in [-0.3, -0.25) is 39.1 Å². The summed E-state index contributed by atoms with van der Waals surface area (Å²) in [5, 5.41) is 28.1. The van der Waals surface area contributed by atoms with Gasteiger partial charge in [0.2, 0.25) is 0 Å². The molecule has 10 rings (SSSR count). The first-order valence-electron chi connectivity index (χ1n) is 30.6. The summed E-state index contributed by atoms with van der Waals surface area (Å²) in [5.41, 5.74) is 10.5. The molecule has 5 aliphatic rings. The van der Waals surface area contributed by atoms with Crippen molar-refractivity contribution >= 4 is 52.8 Å². The Balaban J connectivity index is 0.731. The molecule has 6 heterocycles. The molecule has 6 atom stereocenters. The van der Waals surface area contributed by atoms with E-state index in [-0.39, 0.29) is 36.5 Å². The third-order valence-corrected chi connectivity index (χ3v) is 19.1. The fraction of sp³-hybridized carbons (Fsp3) is 0.493. The lowest BCUT2D eigenvalue weighted by Gasteiger charge is -2.47. The van der Waals surface area contributed by atoms with Crippen molar-refractivity contribution in [2.75, 3.05) is 92.9 Å². The van der Waals surface area contributed by atoms with E-state index in [2.05, 4.69) is 68.7 Å². The number of piperazine rings is 1. The Morgan fingerprint density at radius 1 is 0.909 bits per heavy atom. The van der Waals surface area contributed by atoms with E-state index in [0.717, 1.165) is 35.1 Å². The number of nitrogens with zero attached hydrogens (tertiary/aromatic N) is 11. The average Bonchev–Trinajstić information content (AvgIpc) is 1.56. The monoisotopic (exact) mass is 1240 g/mol. The molecule has 21 heteroatoms. The first kappa shape index (κ1) is 64.4. The second-order valence-corrected chi connectivity index (χ2v) is 26.1. The molecule has 2 bridgehead atoms. The van der Waals surface area contributed by atoms with Gasteiger partial charge in [-0.2, -0.15) is 10.4 Å². The van der Waals surface area contributed by atoms with Gasteiger partial charge < -0.3 is 34.9 Å². The lowest BCUT2D eigenvalue weighted by atomic mass is 9.71. The van der Waals surface area contributed by atoms with Gasteiger partial charge in [0.1, 0.15) is 52.6 Å². The Labute approximate surface area is 526 Å². The summed E-state index contributed by atoms with van der Waals surface area (Å²) in [5.74, 6) is 0.483. The number of urea groups is 1. The molecule has 1 aromatic heterocycles. The van der Waals surface area contributed by atoms with E-state index in [0.29, 0.717) is 141 Å². The number of allylic oxidation sites excluding steroid dienone is 1. The van der Waals surface area contributed by atoms with Crippen LogP contribution in [0.15, 0.2) is 101 Å². The number of fused-ring (bicyclic) bond motifs is 7. The fourth-order valence-corrected chi connectivity index (χ4v) is 13.4. The van der Waals surface area contributed by atoms with Gasteiger partial charge in [0.05, 0.1) is 62.9 Å².